The third kappa shape index (κ3) is 5.78. The first kappa shape index (κ1) is 19.3. The maximum absolute atomic E-state index is 9.52. The van der Waals surface area contributed by atoms with E-state index in [0.717, 1.165) is 24.6 Å². The summed E-state index contributed by atoms with van der Waals surface area (Å²) in [5.41, 5.74) is 2.22. The topological polar surface area (TPSA) is 52.8 Å². The summed E-state index contributed by atoms with van der Waals surface area (Å²) in [6.07, 6.45) is 2.04. The van der Waals surface area contributed by atoms with Crippen molar-refractivity contribution < 1.29 is 5.11 Å². The van der Waals surface area contributed by atoms with Gasteiger partial charge in [-0.1, -0.05) is 12.1 Å². The standard InChI is InChI=1S/C17H24N4O.HI/c1-4-18-17(19-12-14-7-5-9-16(22)11-14)21(3)13-15-8-6-10-20(15)2;/h5-11,22H,4,12-13H2,1-3H3,(H,18,19);1H. The molecular formula is C17H25IN4O. The molecule has 0 radical (unpaired) electrons. The Bertz CT molecular complexity index is 639. The van der Waals surface area contributed by atoms with Crippen LogP contribution in [0.4, 0.5) is 0 Å². The number of hydrogen-bond donors (Lipinski definition) is 2. The second-order valence-corrected chi connectivity index (χ2v) is 5.31. The summed E-state index contributed by atoms with van der Waals surface area (Å²) in [7, 11) is 4.07. The van der Waals surface area contributed by atoms with E-state index < -0.39 is 0 Å². The molecule has 0 aliphatic carbocycles. The number of nitrogens with one attached hydrogen (secondary N) is 1. The van der Waals surface area contributed by atoms with Crippen LogP contribution in [-0.4, -0.2) is 34.1 Å². The van der Waals surface area contributed by atoms with Crippen molar-refractivity contribution in [2.45, 2.75) is 20.0 Å². The summed E-state index contributed by atoms with van der Waals surface area (Å²) < 4.78 is 2.11. The van der Waals surface area contributed by atoms with Gasteiger partial charge in [-0.05, 0) is 36.8 Å². The van der Waals surface area contributed by atoms with Crippen LogP contribution in [0.15, 0.2) is 47.6 Å². The molecule has 0 fully saturated rings. The fourth-order valence-electron chi connectivity index (χ4n) is 2.27. The Morgan fingerprint density at radius 2 is 2.09 bits per heavy atom. The Hall–Kier alpha value is -1.70. The van der Waals surface area contributed by atoms with Crippen molar-refractivity contribution in [2.75, 3.05) is 13.6 Å². The molecule has 23 heavy (non-hydrogen) atoms. The highest BCUT2D eigenvalue weighted by atomic mass is 127. The van der Waals surface area contributed by atoms with Crippen molar-refractivity contribution in [3.8, 4) is 5.75 Å². The molecule has 1 aromatic heterocycles. The van der Waals surface area contributed by atoms with E-state index >= 15 is 0 Å². The molecule has 2 N–H and O–H groups in total. The van der Waals surface area contributed by atoms with Crippen LogP contribution in [0.2, 0.25) is 0 Å². The lowest BCUT2D eigenvalue weighted by molar-refractivity contribution is 0.461. The predicted octanol–water partition coefficient (Wildman–Crippen LogP) is 2.95. The van der Waals surface area contributed by atoms with Gasteiger partial charge >= 0.3 is 0 Å². The van der Waals surface area contributed by atoms with Crippen molar-refractivity contribution in [3.05, 3.63) is 53.9 Å². The Labute approximate surface area is 155 Å². The van der Waals surface area contributed by atoms with Gasteiger partial charge in [-0.2, -0.15) is 0 Å². The molecule has 0 saturated carbocycles. The average Bonchev–Trinajstić information content (AvgIpc) is 2.88. The van der Waals surface area contributed by atoms with Crippen LogP contribution in [-0.2, 0) is 20.1 Å². The number of rotatable bonds is 5. The summed E-state index contributed by atoms with van der Waals surface area (Å²) in [6, 6.07) is 11.4. The van der Waals surface area contributed by atoms with E-state index in [1.807, 2.05) is 38.5 Å². The van der Waals surface area contributed by atoms with Crippen molar-refractivity contribution in [1.82, 2.24) is 14.8 Å². The maximum Gasteiger partial charge on any atom is 0.194 e. The zero-order valence-electron chi connectivity index (χ0n) is 13.9. The molecule has 1 aromatic carbocycles. The van der Waals surface area contributed by atoms with Crippen LogP contribution in [0.5, 0.6) is 5.75 Å². The molecule has 0 amide bonds. The third-order valence-electron chi connectivity index (χ3n) is 3.47. The van der Waals surface area contributed by atoms with E-state index in [9.17, 15) is 5.11 Å². The minimum Gasteiger partial charge on any atom is -0.508 e. The molecule has 1 heterocycles. The van der Waals surface area contributed by atoms with Gasteiger partial charge in [0.15, 0.2) is 5.96 Å². The highest BCUT2D eigenvalue weighted by Gasteiger charge is 2.08. The number of phenolic OH excluding ortho intramolecular Hbond substituents is 1. The van der Waals surface area contributed by atoms with Crippen molar-refractivity contribution in [3.63, 3.8) is 0 Å². The van der Waals surface area contributed by atoms with Crippen LogP contribution >= 0.6 is 24.0 Å². The van der Waals surface area contributed by atoms with Gasteiger partial charge in [-0.25, -0.2) is 4.99 Å². The lowest BCUT2D eigenvalue weighted by Crippen LogP contribution is -2.38. The Morgan fingerprint density at radius 3 is 2.70 bits per heavy atom. The number of benzene rings is 1. The second kappa shape index (κ2) is 9.44. The van der Waals surface area contributed by atoms with Crippen molar-refractivity contribution in [2.24, 2.45) is 12.0 Å². The van der Waals surface area contributed by atoms with Gasteiger partial charge in [0, 0.05) is 32.5 Å². The first-order valence-corrected chi connectivity index (χ1v) is 7.47. The minimum absolute atomic E-state index is 0. The molecule has 6 heteroatoms. The Kier molecular flexibility index (Phi) is 7.94. The van der Waals surface area contributed by atoms with Gasteiger partial charge in [0.1, 0.15) is 5.75 Å². The predicted molar refractivity (Wildman–Crippen MR) is 105 cm³/mol. The van der Waals surface area contributed by atoms with E-state index in [0.29, 0.717) is 6.54 Å². The van der Waals surface area contributed by atoms with Crippen molar-refractivity contribution in [1.29, 1.82) is 0 Å². The molecule has 126 valence electrons. The molecule has 0 aliphatic rings. The van der Waals surface area contributed by atoms with Crippen LogP contribution in [0.25, 0.3) is 0 Å². The molecule has 0 bridgehead atoms. The maximum atomic E-state index is 9.52. The van der Waals surface area contributed by atoms with Gasteiger partial charge in [-0.3, -0.25) is 0 Å². The fraction of sp³-hybridized carbons (Fsp3) is 0.353. The minimum atomic E-state index is 0. The number of guanidine groups is 1. The van der Waals surface area contributed by atoms with Crippen LogP contribution < -0.4 is 5.32 Å². The summed E-state index contributed by atoms with van der Waals surface area (Å²) in [6.45, 7) is 4.19. The van der Waals surface area contributed by atoms with Gasteiger partial charge in [-0.15, -0.1) is 24.0 Å². The SMILES string of the molecule is CCNC(=NCc1cccc(O)c1)N(C)Cc1cccn1C.I. The molecule has 0 spiro atoms. The van der Waals surface area contributed by atoms with Gasteiger partial charge in [0.2, 0.25) is 0 Å². The summed E-state index contributed by atoms with van der Waals surface area (Å²) in [5.74, 6) is 1.13. The van der Waals surface area contributed by atoms with Crippen molar-refractivity contribution >= 4 is 29.9 Å². The largest absolute Gasteiger partial charge is 0.508 e. The number of aliphatic imine (C=N–C) groups is 1. The molecule has 0 saturated heterocycles. The summed E-state index contributed by atoms with van der Waals surface area (Å²) in [4.78, 5) is 6.74. The number of aryl methyl sites for hydroxylation is 1. The normalized spacial score (nSPS) is 11.0. The highest BCUT2D eigenvalue weighted by Crippen LogP contribution is 2.12. The van der Waals surface area contributed by atoms with Crippen LogP contribution in [0.1, 0.15) is 18.2 Å². The molecule has 0 unspecified atom stereocenters. The second-order valence-electron chi connectivity index (χ2n) is 5.31. The van der Waals surface area contributed by atoms with Gasteiger partial charge in [0.05, 0.1) is 13.1 Å². The van der Waals surface area contributed by atoms with E-state index in [-0.39, 0.29) is 29.7 Å². The monoisotopic (exact) mass is 428 g/mol. The van der Waals surface area contributed by atoms with Crippen LogP contribution in [0, 0.1) is 0 Å². The number of nitrogens with zero attached hydrogens (tertiary/aromatic N) is 3. The summed E-state index contributed by atoms with van der Waals surface area (Å²) in [5, 5.41) is 12.8. The average molecular weight is 428 g/mol. The summed E-state index contributed by atoms with van der Waals surface area (Å²) >= 11 is 0. The quantitative estimate of drug-likeness (QED) is 0.438. The molecule has 0 atom stereocenters. The first-order chi connectivity index (χ1) is 10.6. The lowest BCUT2D eigenvalue weighted by Gasteiger charge is -2.22. The molecule has 2 rings (SSSR count). The van der Waals surface area contributed by atoms with E-state index in [2.05, 4.69) is 32.8 Å². The zero-order chi connectivity index (χ0) is 15.9. The molecular weight excluding hydrogens is 403 g/mol. The third-order valence-corrected chi connectivity index (χ3v) is 3.47. The lowest BCUT2D eigenvalue weighted by atomic mass is 10.2. The van der Waals surface area contributed by atoms with E-state index in [1.54, 1.807) is 12.1 Å². The van der Waals surface area contributed by atoms with Gasteiger partial charge < -0.3 is 19.9 Å². The number of aromatic hydroxyl groups is 1. The highest BCUT2D eigenvalue weighted by molar-refractivity contribution is 14.0. The van der Waals surface area contributed by atoms with Gasteiger partial charge in [0.25, 0.3) is 0 Å². The Morgan fingerprint density at radius 1 is 1.30 bits per heavy atom. The van der Waals surface area contributed by atoms with E-state index in [4.69, 9.17) is 0 Å². The smallest absolute Gasteiger partial charge is 0.194 e. The van der Waals surface area contributed by atoms with Crippen LogP contribution in [0.3, 0.4) is 0 Å². The first-order valence-electron chi connectivity index (χ1n) is 7.47. The molecule has 2 aromatic rings. The number of hydrogen-bond acceptors (Lipinski definition) is 2. The molecule has 0 aliphatic heterocycles. The molecule has 5 nitrogen and oxygen atoms in total. The number of halogens is 1. The Balaban J connectivity index is 0.00000264. The fourth-order valence-corrected chi connectivity index (χ4v) is 2.27. The zero-order valence-corrected chi connectivity index (χ0v) is 16.2. The number of phenols is 1. The number of aromatic nitrogens is 1. The van der Waals surface area contributed by atoms with E-state index in [1.165, 1.54) is 5.69 Å².